The minimum absolute atomic E-state index is 0.0760. The third-order valence-corrected chi connectivity index (χ3v) is 3.79. The fourth-order valence-electron chi connectivity index (χ4n) is 2.01. The Balaban J connectivity index is 2.25. The van der Waals surface area contributed by atoms with Gasteiger partial charge in [-0.1, -0.05) is 53.8 Å². The van der Waals surface area contributed by atoms with Gasteiger partial charge in [0.2, 0.25) is 0 Å². The van der Waals surface area contributed by atoms with Gasteiger partial charge in [-0.2, -0.15) is 0 Å². The molecule has 19 heavy (non-hydrogen) atoms. The van der Waals surface area contributed by atoms with E-state index in [-0.39, 0.29) is 10.7 Å². The fourth-order valence-corrected chi connectivity index (χ4v) is 2.88. The summed E-state index contributed by atoms with van der Waals surface area (Å²) in [4.78, 5) is 15.1. The van der Waals surface area contributed by atoms with Crippen LogP contribution in [0.4, 0.5) is 5.00 Å². The zero-order valence-electron chi connectivity index (χ0n) is 9.83. The van der Waals surface area contributed by atoms with Crippen molar-refractivity contribution in [1.82, 2.24) is 4.98 Å². The molecule has 1 aromatic heterocycles. The molecule has 0 amide bonds. The molecule has 0 aliphatic heterocycles. The average Bonchev–Trinajstić information content (AvgIpc) is 2.80. The topological polar surface area (TPSA) is 76.2 Å². The SMILES string of the molecule is Nc1sc(-c2cccc3ccccc23)nc1C(=O)O. The standard InChI is InChI=1S/C14H10N2O2S/c15-12-11(14(17)18)16-13(19-12)10-7-3-5-8-4-1-2-6-9(8)10/h1-7H,15H2,(H,17,18). The van der Waals surface area contributed by atoms with Gasteiger partial charge in [-0.15, -0.1) is 0 Å². The van der Waals surface area contributed by atoms with Gasteiger partial charge in [-0.3, -0.25) is 0 Å². The van der Waals surface area contributed by atoms with E-state index in [1.807, 2.05) is 42.5 Å². The maximum Gasteiger partial charge on any atom is 0.357 e. The Labute approximate surface area is 113 Å². The minimum atomic E-state index is -1.10. The molecule has 0 saturated carbocycles. The molecule has 5 heteroatoms. The Morgan fingerprint density at radius 1 is 1.16 bits per heavy atom. The summed E-state index contributed by atoms with van der Waals surface area (Å²) in [7, 11) is 0. The van der Waals surface area contributed by atoms with Crippen molar-refractivity contribution in [3.05, 3.63) is 48.2 Å². The van der Waals surface area contributed by atoms with Crippen LogP contribution in [-0.4, -0.2) is 16.1 Å². The molecular formula is C14H10N2O2S. The quantitative estimate of drug-likeness (QED) is 0.749. The number of thiazole rings is 1. The number of hydrogen-bond donors (Lipinski definition) is 2. The van der Waals surface area contributed by atoms with Gasteiger partial charge in [0.25, 0.3) is 0 Å². The lowest BCUT2D eigenvalue weighted by molar-refractivity contribution is 0.0692. The Morgan fingerprint density at radius 2 is 1.89 bits per heavy atom. The Bertz CT molecular complexity index is 775. The Morgan fingerprint density at radius 3 is 2.63 bits per heavy atom. The molecule has 3 rings (SSSR count). The average molecular weight is 270 g/mol. The highest BCUT2D eigenvalue weighted by Crippen LogP contribution is 2.34. The fraction of sp³-hybridized carbons (Fsp3) is 0. The van der Waals surface area contributed by atoms with Gasteiger partial charge in [0.1, 0.15) is 10.0 Å². The normalized spacial score (nSPS) is 10.7. The summed E-state index contributed by atoms with van der Waals surface area (Å²) in [6, 6.07) is 13.8. The number of nitrogens with zero attached hydrogens (tertiary/aromatic N) is 1. The van der Waals surface area contributed by atoms with Gasteiger partial charge in [0.15, 0.2) is 5.69 Å². The van der Waals surface area contributed by atoms with Crippen molar-refractivity contribution in [2.75, 3.05) is 5.73 Å². The first kappa shape index (κ1) is 11.7. The predicted molar refractivity (Wildman–Crippen MR) is 76.4 cm³/mol. The lowest BCUT2D eigenvalue weighted by Crippen LogP contribution is -2.00. The van der Waals surface area contributed by atoms with Crippen LogP contribution in [-0.2, 0) is 0 Å². The number of aromatic carboxylic acids is 1. The van der Waals surface area contributed by atoms with Crippen molar-refractivity contribution in [3.8, 4) is 10.6 Å². The number of benzene rings is 2. The molecule has 1 heterocycles. The van der Waals surface area contributed by atoms with E-state index in [2.05, 4.69) is 4.98 Å². The van der Waals surface area contributed by atoms with Gasteiger partial charge in [0.05, 0.1) is 0 Å². The van der Waals surface area contributed by atoms with Crippen LogP contribution in [0.1, 0.15) is 10.5 Å². The van der Waals surface area contributed by atoms with Crippen molar-refractivity contribution in [2.45, 2.75) is 0 Å². The summed E-state index contributed by atoms with van der Waals surface area (Å²) in [6.07, 6.45) is 0. The van der Waals surface area contributed by atoms with E-state index in [0.717, 1.165) is 16.3 Å². The lowest BCUT2D eigenvalue weighted by Gasteiger charge is -2.02. The molecule has 0 atom stereocenters. The summed E-state index contributed by atoms with van der Waals surface area (Å²) >= 11 is 1.20. The number of nitrogen functional groups attached to an aromatic ring is 1. The van der Waals surface area contributed by atoms with Gasteiger partial charge < -0.3 is 10.8 Å². The number of rotatable bonds is 2. The van der Waals surface area contributed by atoms with E-state index >= 15 is 0 Å². The van der Waals surface area contributed by atoms with Crippen LogP contribution in [0.2, 0.25) is 0 Å². The van der Waals surface area contributed by atoms with E-state index in [1.165, 1.54) is 11.3 Å². The minimum Gasteiger partial charge on any atom is -0.476 e. The second-order valence-corrected chi connectivity index (χ2v) is 5.09. The second-order valence-electron chi connectivity index (χ2n) is 4.06. The zero-order valence-corrected chi connectivity index (χ0v) is 10.6. The van der Waals surface area contributed by atoms with Crippen LogP contribution in [0.15, 0.2) is 42.5 Å². The molecule has 94 valence electrons. The number of carboxylic acid groups (broad SMARTS) is 1. The molecule has 2 aromatic carbocycles. The maximum atomic E-state index is 11.0. The molecule has 4 nitrogen and oxygen atoms in total. The van der Waals surface area contributed by atoms with E-state index in [4.69, 9.17) is 10.8 Å². The molecule has 0 fully saturated rings. The number of carboxylic acids is 1. The van der Waals surface area contributed by atoms with Crippen molar-refractivity contribution in [1.29, 1.82) is 0 Å². The van der Waals surface area contributed by atoms with Gasteiger partial charge in [0, 0.05) is 5.56 Å². The molecule has 0 radical (unpaired) electrons. The molecule has 0 aliphatic carbocycles. The van der Waals surface area contributed by atoms with Crippen LogP contribution >= 0.6 is 11.3 Å². The molecule has 3 N–H and O–H groups in total. The van der Waals surface area contributed by atoms with Gasteiger partial charge >= 0.3 is 5.97 Å². The number of hydrogen-bond acceptors (Lipinski definition) is 4. The van der Waals surface area contributed by atoms with E-state index in [0.29, 0.717) is 5.01 Å². The zero-order chi connectivity index (χ0) is 13.4. The number of anilines is 1. The summed E-state index contributed by atoms with van der Waals surface area (Å²) in [5.41, 5.74) is 6.53. The van der Waals surface area contributed by atoms with Crippen molar-refractivity contribution >= 4 is 33.1 Å². The van der Waals surface area contributed by atoms with E-state index in [1.54, 1.807) is 0 Å². The first-order chi connectivity index (χ1) is 9.16. The molecule has 0 aliphatic rings. The van der Waals surface area contributed by atoms with Crippen molar-refractivity contribution < 1.29 is 9.90 Å². The number of nitrogens with two attached hydrogens (primary N) is 1. The Hall–Kier alpha value is -2.40. The van der Waals surface area contributed by atoms with Crippen molar-refractivity contribution in [2.24, 2.45) is 0 Å². The van der Waals surface area contributed by atoms with Crippen LogP contribution in [0.3, 0.4) is 0 Å². The van der Waals surface area contributed by atoms with E-state index in [9.17, 15) is 4.79 Å². The van der Waals surface area contributed by atoms with E-state index < -0.39 is 5.97 Å². The molecule has 0 unspecified atom stereocenters. The highest BCUT2D eigenvalue weighted by Gasteiger charge is 2.16. The number of aromatic nitrogens is 1. The molecule has 0 bridgehead atoms. The summed E-state index contributed by atoms with van der Waals surface area (Å²) in [6.45, 7) is 0. The number of fused-ring (bicyclic) bond motifs is 1. The predicted octanol–water partition coefficient (Wildman–Crippen LogP) is 3.24. The van der Waals surface area contributed by atoms with Gasteiger partial charge in [-0.25, -0.2) is 9.78 Å². The summed E-state index contributed by atoms with van der Waals surface area (Å²) < 4.78 is 0. The largest absolute Gasteiger partial charge is 0.476 e. The van der Waals surface area contributed by atoms with Crippen LogP contribution in [0.5, 0.6) is 0 Å². The molecule has 3 aromatic rings. The lowest BCUT2D eigenvalue weighted by atomic mass is 10.1. The first-order valence-electron chi connectivity index (χ1n) is 5.64. The molecule has 0 saturated heterocycles. The third kappa shape index (κ3) is 1.94. The van der Waals surface area contributed by atoms with Crippen LogP contribution in [0.25, 0.3) is 21.3 Å². The molecule has 0 spiro atoms. The highest BCUT2D eigenvalue weighted by atomic mass is 32.1. The first-order valence-corrected chi connectivity index (χ1v) is 6.46. The van der Waals surface area contributed by atoms with Crippen LogP contribution < -0.4 is 5.73 Å². The summed E-state index contributed by atoms with van der Waals surface area (Å²) in [5, 5.41) is 12.0. The molecular weight excluding hydrogens is 260 g/mol. The Kier molecular flexibility index (Phi) is 2.68. The third-order valence-electron chi connectivity index (χ3n) is 2.88. The van der Waals surface area contributed by atoms with Crippen LogP contribution in [0, 0.1) is 0 Å². The maximum absolute atomic E-state index is 11.0. The second kappa shape index (κ2) is 4.37. The highest BCUT2D eigenvalue weighted by molar-refractivity contribution is 7.19. The van der Waals surface area contributed by atoms with Crippen molar-refractivity contribution in [3.63, 3.8) is 0 Å². The smallest absolute Gasteiger partial charge is 0.357 e. The monoisotopic (exact) mass is 270 g/mol. The summed E-state index contributed by atoms with van der Waals surface area (Å²) in [5.74, 6) is -1.10. The number of carbonyl (C=O) groups is 1. The van der Waals surface area contributed by atoms with Gasteiger partial charge in [-0.05, 0) is 10.8 Å².